The number of carbonyl (C=O) groups is 1. The first-order valence-electron chi connectivity index (χ1n) is 13.8. The molecule has 0 unspecified atom stereocenters. The summed E-state index contributed by atoms with van der Waals surface area (Å²) in [5.74, 6) is -0.653. The maximum Gasteiger partial charge on any atom is 2.00 e. The number of carboxylic acids is 1. The van der Waals surface area contributed by atoms with Crippen molar-refractivity contribution < 1.29 is 40.3 Å². The molecule has 4 N–H and O–H groups in total. The average molecular weight is 656 g/mol. The van der Waals surface area contributed by atoms with Gasteiger partial charge in [0.15, 0.2) is 4.34 Å². The van der Waals surface area contributed by atoms with Gasteiger partial charge in [0, 0.05) is 12.0 Å². The van der Waals surface area contributed by atoms with E-state index in [1.807, 2.05) is 18.2 Å². The van der Waals surface area contributed by atoms with E-state index in [4.69, 9.17) is 5.11 Å². The van der Waals surface area contributed by atoms with Gasteiger partial charge in [-0.15, -0.1) is 11.3 Å². The zero-order valence-corrected chi connectivity index (χ0v) is 30.5. The number of nitrogens with one attached hydrogen (secondary N) is 1. The molecule has 0 saturated heterocycles. The van der Waals surface area contributed by atoms with Gasteiger partial charge in [0.1, 0.15) is 0 Å². The van der Waals surface area contributed by atoms with Crippen LogP contribution in [0.3, 0.4) is 0 Å². The van der Waals surface area contributed by atoms with E-state index in [0.717, 1.165) is 22.7 Å². The number of aliphatic carboxylic acids is 1. The summed E-state index contributed by atoms with van der Waals surface area (Å²) in [6.45, 7) is 8.71. The SMILES string of the molecule is CC(C)(C)NSc1nc2ccccc2s1.CCCCCCCCCCCCCCCCCC(=O)O.O.S.[O-2].[Zn+2]. The molecule has 0 bridgehead atoms. The molecule has 0 fully saturated rings. The van der Waals surface area contributed by atoms with Crippen molar-refractivity contribution in [2.45, 2.75) is 140 Å². The van der Waals surface area contributed by atoms with E-state index in [1.165, 1.54) is 88.2 Å². The molecule has 0 saturated carbocycles. The molecule has 0 aliphatic heterocycles. The van der Waals surface area contributed by atoms with Crippen LogP contribution >= 0.6 is 36.8 Å². The zero-order valence-electron chi connectivity index (χ0n) is 24.9. The van der Waals surface area contributed by atoms with Crippen molar-refractivity contribution >= 4 is 53.0 Å². The molecular formula is C29H54N2O4S3Zn. The van der Waals surface area contributed by atoms with Gasteiger partial charge in [0.2, 0.25) is 0 Å². The van der Waals surface area contributed by atoms with E-state index in [0.29, 0.717) is 6.42 Å². The molecule has 2 rings (SSSR count). The molecule has 1 aromatic heterocycles. The Balaban J connectivity index is -0.000000292. The minimum Gasteiger partial charge on any atom is -2.00 e. The number of unbranched alkanes of at least 4 members (excludes halogenated alkanes) is 14. The molecule has 39 heavy (non-hydrogen) atoms. The summed E-state index contributed by atoms with van der Waals surface area (Å²) in [4.78, 5) is 14.9. The number of aromatic nitrogens is 1. The van der Waals surface area contributed by atoms with Crippen LogP contribution in [-0.4, -0.2) is 27.1 Å². The van der Waals surface area contributed by atoms with Gasteiger partial charge in [0.25, 0.3) is 0 Å². The Labute approximate surface area is 266 Å². The van der Waals surface area contributed by atoms with Gasteiger partial charge in [-0.25, -0.2) is 4.98 Å². The third kappa shape index (κ3) is 27.7. The summed E-state index contributed by atoms with van der Waals surface area (Å²) in [5, 5.41) is 8.52. The Morgan fingerprint density at radius 2 is 1.31 bits per heavy atom. The molecule has 10 heteroatoms. The predicted octanol–water partition coefficient (Wildman–Crippen LogP) is 9.19. The number of fused-ring (bicyclic) bond motifs is 1. The summed E-state index contributed by atoms with van der Waals surface area (Å²) in [7, 11) is 0. The third-order valence-electron chi connectivity index (χ3n) is 5.71. The number of benzene rings is 1. The van der Waals surface area contributed by atoms with Crippen molar-refractivity contribution in [2.75, 3.05) is 0 Å². The molecule has 1 aromatic carbocycles. The van der Waals surface area contributed by atoms with E-state index in [2.05, 4.69) is 43.5 Å². The van der Waals surface area contributed by atoms with Gasteiger partial charge >= 0.3 is 25.4 Å². The van der Waals surface area contributed by atoms with Gasteiger partial charge in [-0.05, 0) is 51.3 Å². The van der Waals surface area contributed by atoms with Crippen LogP contribution in [0, 0.1) is 0 Å². The van der Waals surface area contributed by atoms with E-state index >= 15 is 0 Å². The number of thiazole rings is 1. The van der Waals surface area contributed by atoms with E-state index in [1.54, 1.807) is 23.3 Å². The van der Waals surface area contributed by atoms with Crippen LogP contribution < -0.4 is 4.72 Å². The van der Waals surface area contributed by atoms with Gasteiger partial charge in [-0.2, -0.15) is 13.5 Å². The van der Waals surface area contributed by atoms with Crippen LogP contribution in [-0.2, 0) is 29.7 Å². The second-order valence-electron chi connectivity index (χ2n) is 10.5. The molecule has 0 spiro atoms. The quantitative estimate of drug-likeness (QED) is 0.0941. The molecule has 0 aliphatic rings. The van der Waals surface area contributed by atoms with Crippen LogP contribution in [0.2, 0.25) is 0 Å². The van der Waals surface area contributed by atoms with Gasteiger partial charge in [-0.3, -0.25) is 9.52 Å². The molecule has 6 nitrogen and oxygen atoms in total. The summed E-state index contributed by atoms with van der Waals surface area (Å²) >= 11 is 3.34. The van der Waals surface area contributed by atoms with Crippen LogP contribution in [0.4, 0.5) is 0 Å². The fourth-order valence-corrected chi connectivity index (χ4v) is 5.53. The van der Waals surface area contributed by atoms with Crippen LogP contribution in [0.15, 0.2) is 28.6 Å². The van der Waals surface area contributed by atoms with Crippen molar-refractivity contribution in [3.63, 3.8) is 0 Å². The minimum atomic E-state index is -0.653. The van der Waals surface area contributed by atoms with Crippen molar-refractivity contribution in [3.05, 3.63) is 24.3 Å². The van der Waals surface area contributed by atoms with Crippen molar-refractivity contribution in [1.29, 1.82) is 0 Å². The Morgan fingerprint density at radius 1 is 0.872 bits per heavy atom. The normalized spacial score (nSPS) is 10.3. The van der Waals surface area contributed by atoms with E-state index < -0.39 is 5.97 Å². The summed E-state index contributed by atoms with van der Waals surface area (Å²) in [5.41, 5.74) is 1.20. The molecule has 0 amide bonds. The van der Waals surface area contributed by atoms with Gasteiger partial charge < -0.3 is 16.1 Å². The molecular weight excluding hydrogens is 602 g/mol. The zero-order chi connectivity index (χ0) is 25.8. The molecule has 0 radical (unpaired) electrons. The Morgan fingerprint density at radius 3 is 1.72 bits per heavy atom. The van der Waals surface area contributed by atoms with Crippen LogP contribution in [0.25, 0.3) is 10.2 Å². The Hall–Kier alpha value is -0.217. The van der Waals surface area contributed by atoms with Crippen LogP contribution in [0.1, 0.15) is 130 Å². The standard InChI is InChI=1S/C18H36O2.C11H14N2S2.H2O.O.H2S.Zn/c1-2-3-4-5-6-7-8-9-10-11-12-13-14-15-16-17-18(19)20;1-11(2,3)13-15-10-12-8-6-4-5-7-9(8)14-10;;;;/h2-17H2,1H3,(H,19,20);4-7,13H,1-3H3;1H2;;1H2;/q;;;-2;;+2. The second-order valence-corrected chi connectivity index (χ2v) is 12.6. The van der Waals surface area contributed by atoms with Crippen molar-refractivity contribution in [3.8, 4) is 0 Å². The minimum absolute atomic E-state index is 0. The first-order valence-corrected chi connectivity index (χ1v) is 15.5. The maximum atomic E-state index is 10.3. The summed E-state index contributed by atoms with van der Waals surface area (Å²) < 4.78 is 5.68. The maximum absolute atomic E-state index is 10.3. The fourth-order valence-electron chi connectivity index (χ4n) is 3.74. The van der Waals surface area contributed by atoms with E-state index in [9.17, 15) is 4.79 Å². The van der Waals surface area contributed by atoms with Gasteiger partial charge in [-0.1, -0.05) is 109 Å². The number of hydrogen-bond acceptors (Lipinski definition) is 5. The number of para-hydroxylation sites is 1. The average Bonchev–Trinajstić information content (AvgIpc) is 3.23. The first kappa shape index (κ1) is 45.8. The Bertz CT molecular complexity index is 771. The predicted molar refractivity (Wildman–Crippen MR) is 170 cm³/mol. The topological polar surface area (TPSA) is 122 Å². The number of rotatable bonds is 18. The molecule has 224 valence electrons. The molecule has 1 heterocycles. The van der Waals surface area contributed by atoms with Crippen LogP contribution in [0.5, 0.6) is 0 Å². The summed E-state index contributed by atoms with van der Waals surface area (Å²) in [6, 6.07) is 8.22. The van der Waals surface area contributed by atoms with E-state index in [-0.39, 0.29) is 49.5 Å². The van der Waals surface area contributed by atoms with Gasteiger partial charge in [0.05, 0.1) is 10.2 Å². The second kappa shape index (κ2) is 29.3. The van der Waals surface area contributed by atoms with Crippen molar-refractivity contribution in [1.82, 2.24) is 9.71 Å². The first-order chi connectivity index (χ1) is 16.8. The number of nitrogens with zero attached hydrogens (tertiary/aromatic N) is 1. The largest absolute Gasteiger partial charge is 2.00 e. The number of carboxylic acid groups (broad SMARTS) is 1. The fraction of sp³-hybridized carbons (Fsp3) is 0.724. The molecule has 2 aromatic rings. The van der Waals surface area contributed by atoms with Crippen molar-refractivity contribution in [2.24, 2.45) is 0 Å². The monoisotopic (exact) mass is 654 g/mol. The third-order valence-corrected chi connectivity index (χ3v) is 8.02. The number of hydrogen-bond donors (Lipinski definition) is 2. The Kier molecular flexibility index (Phi) is 34.4. The molecule has 0 aliphatic carbocycles. The summed E-state index contributed by atoms with van der Waals surface area (Å²) in [6.07, 6.45) is 20.2. The smallest absolute Gasteiger partial charge is 2.00 e. The molecule has 0 atom stereocenters.